The lowest BCUT2D eigenvalue weighted by Gasteiger charge is -2.21. The molecule has 0 aliphatic rings. The maximum atomic E-state index is 11.4. The first-order valence-electron chi connectivity index (χ1n) is 4.96. The Bertz CT molecular complexity index is 217. The highest BCUT2D eigenvalue weighted by Crippen LogP contribution is 2.03. The van der Waals surface area contributed by atoms with E-state index < -0.39 is 36.7 Å². The number of carbonyl (C=O) groups excluding carboxylic acids is 1. The fourth-order valence-electron chi connectivity index (χ4n) is 0.962. The topological polar surface area (TPSA) is 144 Å². The summed E-state index contributed by atoms with van der Waals surface area (Å²) >= 11 is 0. The molecule has 7 heteroatoms. The largest absolute Gasteiger partial charge is 0.396 e. The van der Waals surface area contributed by atoms with Crippen molar-refractivity contribution >= 4 is 5.78 Å². The number of aliphatic hydroxyl groups excluding tert-OH is 5. The van der Waals surface area contributed by atoms with Gasteiger partial charge in [0.2, 0.25) is 0 Å². The predicted molar refractivity (Wildman–Crippen MR) is 49.8 cm³/mol. The summed E-state index contributed by atoms with van der Waals surface area (Å²) in [5.74, 6) is -1.02. The fraction of sp³-hybridized carbons (Fsp3) is 0.875. The summed E-state index contributed by atoms with van der Waals surface area (Å²) in [6, 6.07) is -1.43. The Balaban J connectivity index is 4.51. The van der Waals surface area contributed by atoms with Gasteiger partial charge in [-0.3, -0.25) is 4.79 Å². The van der Waals surface area contributed by atoms with Crippen LogP contribution >= 0.6 is 0 Å². The molecule has 0 aromatic heterocycles. The minimum Gasteiger partial charge on any atom is -0.396 e. The van der Waals surface area contributed by atoms with Crippen LogP contribution in [0, 0.1) is 0 Å². The van der Waals surface area contributed by atoms with Crippen LogP contribution in [-0.2, 0) is 4.79 Å². The second-order valence-corrected chi connectivity index (χ2v) is 3.15. The number of hydrogen-bond acceptors (Lipinski definition) is 7. The van der Waals surface area contributed by atoms with Gasteiger partial charge < -0.3 is 31.3 Å². The quantitative estimate of drug-likeness (QED) is 0.249. The summed E-state index contributed by atoms with van der Waals surface area (Å²) in [6.45, 7) is -1.20. The van der Waals surface area contributed by atoms with E-state index in [1.807, 2.05) is 0 Å². The molecule has 4 atom stereocenters. The van der Waals surface area contributed by atoms with E-state index in [0.29, 0.717) is 0 Å². The van der Waals surface area contributed by atoms with E-state index >= 15 is 0 Å². The normalized spacial score (nSPS) is 20.2. The Morgan fingerprint density at radius 1 is 1.27 bits per heavy atom. The highest BCUT2D eigenvalue weighted by atomic mass is 16.4. The molecule has 0 saturated carbocycles. The van der Waals surface area contributed by atoms with E-state index in [9.17, 15) is 15.0 Å². The summed E-state index contributed by atoms with van der Waals surface area (Å²) in [6.07, 6.45) is -5.05. The third-order valence-corrected chi connectivity index (χ3v) is 1.96. The molecule has 0 aliphatic heterocycles. The molecule has 0 unspecified atom stereocenters. The van der Waals surface area contributed by atoms with Crippen LogP contribution in [0.1, 0.15) is 6.42 Å². The number of hydrogen-bond donors (Lipinski definition) is 6. The molecule has 7 nitrogen and oxygen atoms in total. The number of aliphatic hydroxyl groups is 5. The molecule has 90 valence electrons. The monoisotopic (exact) mass is 224 g/mol. The first-order chi connectivity index (χ1) is 7.49. The van der Waals surface area contributed by atoms with Crippen molar-refractivity contribution in [3.8, 4) is 0 Å². The lowest BCUT2D eigenvalue weighted by atomic mass is 9.98. The lowest BCUT2D eigenvalue weighted by Crippen LogP contribution is -2.51. The molecule has 0 spiro atoms. The molecule has 0 radical (unpaired) electrons. The van der Waals surface area contributed by atoms with Crippen molar-refractivity contribution in [3.63, 3.8) is 0 Å². The van der Waals surface area contributed by atoms with E-state index in [2.05, 4.69) is 0 Å². The Hall–Kier alpha value is -0.570. The zero-order valence-electron chi connectivity index (χ0n) is 9.08. The summed E-state index contributed by atoms with van der Waals surface area (Å²) in [5, 5.41) is 44.7. The Labute approximate surface area is 88.2 Å². The van der Waals surface area contributed by atoms with Gasteiger partial charge in [-0.05, 0) is 6.42 Å². The van der Waals surface area contributed by atoms with Crippen LogP contribution in [0.4, 0.5) is 0 Å². The van der Waals surface area contributed by atoms with E-state index in [-0.39, 0.29) is 13.0 Å². The SMILES string of the molecule is [2H]N[C@H](C(=O)[C@@H](O)[C@@H](O)CO)[C@H](O)CCO. The summed E-state index contributed by atoms with van der Waals surface area (Å²) in [4.78, 5) is 11.4. The molecular formula is C8H17NO6. The number of ketones is 1. The number of carbonyl (C=O) groups is 1. The Kier molecular flexibility index (Phi) is 5.69. The predicted octanol–water partition coefficient (Wildman–Crippen LogP) is -3.66. The highest BCUT2D eigenvalue weighted by Gasteiger charge is 2.31. The van der Waals surface area contributed by atoms with Gasteiger partial charge in [0.1, 0.15) is 13.6 Å². The molecular weight excluding hydrogens is 206 g/mol. The van der Waals surface area contributed by atoms with Crippen LogP contribution in [-0.4, -0.2) is 68.9 Å². The molecule has 0 bridgehead atoms. The van der Waals surface area contributed by atoms with Gasteiger partial charge in [-0.2, -0.15) is 0 Å². The first kappa shape index (κ1) is 12.5. The van der Waals surface area contributed by atoms with Crippen LogP contribution in [0.15, 0.2) is 0 Å². The second-order valence-electron chi connectivity index (χ2n) is 3.15. The van der Waals surface area contributed by atoms with Crippen LogP contribution in [0.3, 0.4) is 0 Å². The van der Waals surface area contributed by atoms with Gasteiger partial charge in [0.05, 0.1) is 18.8 Å². The molecule has 0 aliphatic carbocycles. The molecule has 0 aromatic carbocycles. The van der Waals surface area contributed by atoms with Gasteiger partial charge in [-0.25, -0.2) is 0 Å². The van der Waals surface area contributed by atoms with Crippen LogP contribution < -0.4 is 5.73 Å². The third-order valence-electron chi connectivity index (χ3n) is 1.96. The average Bonchev–Trinajstić information content (AvgIpc) is 2.28. The molecule has 0 amide bonds. The van der Waals surface area contributed by atoms with Gasteiger partial charge in [0, 0.05) is 6.61 Å². The van der Waals surface area contributed by atoms with E-state index in [1.54, 1.807) is 5.73 Å². The number of Topliss-reactive ketones (excluding diaryl/α,β-unsaturated/α-hetero) is 1. The molecule has 15 heavy (non-hydrogen) atoms. The zero-order valence-corrected chi connectivity index (χ0v) is 8.08. The summed E-state index contributed by atoms with van der Waals surface area (Å²) in [5.41, 5.74) is 1.73. The van der Waals surface area contributed by atoms with Crippen molar-refractivity contribution in [2.45, 2.75) is 30.8 Å². The standard InChI is InChI=1S/C8H17NO6/c9-6(4(12)1-2-10)8(15)7(14)5(13)3-11/h4-7,10-14H,1-3,9H2/t4-,5+,6+,7+/m1/s1/i/hD. The van der Waals surface area contributed by atoms with Crippen LogP contribution in [0.25, 0.3) is 0 Å². The Morgan fingerprint density at radius 2 is 1.87 bits per heavy atom. The van der Waals surface area contributed by atoms with E-state index in [1.165, 1.54) is 0 Å². The van der Waals surface area contributed by atoms with E-state index in [4.69, 9.17) is 16.7 Å². The molecule has 0 heterocycles. The minimum atomic E-state index is -1.89. The van der Waals surface area contributed by atoms with Crippen molar-refractivity contribution in [1.82, 2.24) is 0 Å². The van der Waals surface area contributed by atoms with Crippen LogP contribution in [0.5, 0.6) is 0 Å². The first-order valence-corrected chi connectivity index (χ1v) is 4.46. The minimum absolute atomic E-state index is 0.149. The fourth-order valence-corrected chi connectivity index (χ4v) is 0.962. The average molecular weight is 224 g/mol. The van der Waals surface area contributed by atoms with Gasteiger partial charge >= 0.3 is 0 Å². The van der Waals surface area contributed by atoms with Crippen molar-refractivity contribution in [3.05, 3.63) is 0 Å². The molecule has 0 rings (SSSR count). The van der Waals surface area contributed by atoms with E-state index in [0.717, 1.165) is 0 Å². The maximum Gasteiger partial charge on any atom is 0.183 e. The van der Waals surface area contributed by atoms with Gasteiger partial charge in [-0.1, -0.05) is 0 Å². The Morgan fingerprint density at radius 3 is 2.27 bits per heavy atom. The highest BCUT2D eigenvalue weighted by molar-refractivity contribution is 5.88. The van der Waals surface area contributed by atoms with Gasteiger partial charge in [0.15, 0.2) is 5.78 Å². The lowest BCUT2D eigenvalue weighted by molar-refractivity contribution is -0.138. The van der Waals surface area contributed by atoms with Gasteiger partial charge in [-0.15, -0.1) is 0 Å². The number of rotatable bonds is 8. The summed E-state index contributed by atoms with van der Waals surface area (Å²) in [7, 11) is 0. The van der Waals surface area contributed by atoms with Gasteiger partial charge in [0.25, 0.3) is 0 Å². The zero-order chi connectivity index (χ0) is 12.7. The molecule has 0 aromatic rings. The maximum absolute atomic E-state index is 11.4. The number of nitrogens with two attached hydrogens (primary N) is 1. The molecule has 0 fully saturated rings. The van der Waals surface area contributed by atoms with Crippen molar-refractivity contribution < 1.29 is 31.7 Å². The molecule has 0 saturated heterocycles. The second kappa shape index (κ2) is 6.83. The molecule has 7 N–H and O–H groups in total. The van der Waals surface area contributed by atoms with Crippen molar-refractivity contribution in [2.24, 2.45) is 5.73 Å². The van der Waals surface area contributed by atoms with Crippen molar-refractivity contribution in [1.29, 1.82) is 0 Å². The smallest absolute Gasteiger partial charge is 0.183 e. The van der Waals surface area contributed by atoms with Crippen molar-refractivity contribution in [2.75, 3.05) is 13.2 Å². The van der Waals surface area contributed by atoms with Crippen LogP contribution in [0.2, 0.25) is 1.41 Å². The summed E-state index contributed by atoms with van der Waals surface area (Å²) < 4.78 is 6.82. The third kappa shape index (κ3) is 4.20.